The summed E-state index contributed by atoms with van der Waals surface area (Å²) in [6, 6.07) is 29.5. The van der Waals surface area contributed by atoms with Crippen molar-refractivity contribution in [2.24, 2.45) is 0 Å². The third-order valence-electron chi connectivity index (χ3n) is 6.51. The molecule has 202 valence electrons. The van der Waals surface area contributed by atoms with E-state index in [1.54, 1.807) is 68.8 Å². The van der Waals surface area contributed by atoms with Crippen molar-refractivity contribution in [3.05, 3.63) is 109 Å². The molecule has 4 aromatic carbocycles. The molecule has 0 spiro atoms. The van der Waals surface area contributed by atoms with Crippen LogP contribution < -0.4 is 19.1 Å². The zero-order chi connectivity index (χ0) is 28.3. The number of sulfonamides is 1. The number of rotatable bonds is 8. The van der Waals surface area contributed by atoms with E-state index in [9.17, 15) is 13.2 Å². The summed E-state index contributed by atoms with van der Waals surface area (Å²) in [7, 11) is 0.759. The summed E-state index contributed by atoms with van der Waals surface area (Å²) in [4.78, 5) is 18.4. The largest absolute Gasteiger partial charge is 0.493 e. The average molecular weight is 554 g/mol. The Morgan fingerprint density at radius 2 is 1.52 bits per heavy atom. The summed E-state index contributed by atoms with van der Waals surface area (Å²) in [5, 5.41) is 3.53. The number of hydrogen-bond acceptors (Lipinski definition) is 6. The van der Waals surface area contributed by atoms with Crippen molar-refractivity contribution in [1.29, 1.82) is 0 Å². The third kappa shape index (κ3) is 5.19. The number of anilines is 2. The molecule has 40 heavy (non-hydrogen) atoms. The number of nitrogens with one attached hydrogen (secondary N) is 1. The van der Waals surface area contributed by atoms with Crippen LogP contribution in [0.2, 0.25) is 0 Å². The van der Waals surface area contributed by atoms with Crippen LogP contribution in [0.3, 0.4) is 0 Å². The second kappa shape index (κ2) is 11.1. The second-order valence-corrected chi connectivity index (χ2v) is 10.9. The lowest BCUT2D eigenvalue weighted by Crippen LogP contribution is -2.26. The molecule has 8 nitrogen and oxygen atoms in total. The quantitative estimate of drug-likeness (QED) is 0.253. The molecule has 5 aromatic rings. The molecule has 0 fully saturated rings. The molecule has 1 N–H and O–H groups in total. The standard InChI is InChI=1S/C31H27N3O5S/c1-34(23-11-5-4-6-12-23)40(36,37)24-13-9-10-22(19-24)32-31(35)26-20-28(33-27-15-8-7-14-25(26)27)21-16-17-29(38-2)30(18-21)39-3/h4-20H,1-3H3,(H,32,35). The van der Waals surface area contributed by atoms with E-state index in [1.165, 1.54) is 23.5 Å². The fraction of sp³-hybridized carbons (Fsp3) is 0.0968. The molecule has 9 heteroatoms. The Morgan fingerprint density at radius 1 is 0.800 bits per heavy atom. The minimum Gasteiger partial charge on any atom is -0.493 e. The zero-order valence-corrected chi connectivity index (χ0v) is 23.0. The summed E-state index contributed by atoms with van der Waals surface area (Å²) in [6.45, 7) is 0. The van der Waals surface area contributed by atoms with Crippen LogP contribution >= 0.6 is 0 Å². The van der Waals surface area contributed by atoms with Gasteiger partial charge < -0.3 is 14.8 Å². The van der Waals surface area contributed by atoms with Crippen molar-refractivity contribution in [3.63, 3.8) is 0 Å². The van der Waals surface area contributed by atoms with Gasteiger partial charge in [0.15, 0.2) is 11.5 Å². The number of hydrogen-bond donors (Lipinski definition) is 1. The number of nitrogens with zero attached hydrogens (tertiary/aromatic N) is 2. The molecule has 0 aliphatic heterocycles. The fourth-order valence-electron chi connectivity index (χ4n) is 4.37. The summed E-state index contributed by atoms with van der Waals surface area (Å²) >= 11 is 0. The van der Waals surface area contributed by atoms with Gasteiger partial charge in [-0.2, -0.15) is 0 Å². The number of benzene rings is 4. The number of aromatic nitrogens is 1. The molecular formula is C31H27N3O5S. The van der Waals surface area contributed by atoms with Crippen molar-refractivity contribution >= 4 is 38.2 Å². The van der Waals surface area contributed by atoms with E-state index in [2.05, 4.69) is 5.32 Å². The first-order valence-electron chi connectivity index (χ1n) is 12.4. The van der Waals surface area contributed by atoms with E-state index in [0.717, 1.165) is 5.56 Å². The predicted octanol–water partition coefficient (Wildman–Crippen LogP) is 6.00. The molecule has 0 saturated heterocycles. The van der Waals surface area contributed by atoms with Crippen molar-refractivity contribution in [2.45, 2.75) is 4.90 Å². The SMILES string of the molecule is COc1ccc(-c2cc(C(=O)Nc3cccc(S(=O)(=O)N(C)c4ccccc4)c3)c3ccccc3n2)cc1OC. The van der Waals surface area contributed by atoms with Gasteiger partial charge in [0.05, 0.1) is 41.6 Å². The van der Waals surface area contributed by atoms with Crippen LogP contribution in [0, 0.1) is 0 Å². The maximum absolute atomic E-state index is 13.6. The van der Waals surface area contributed by atoms with Gasteiger partial charge in [0.1, 0.15) is 0 Å². The van der Waals surface area contributed by atoms with Crippen LogP contribution in [0.15, 0.2) is 108 Å². The Bertz CT molecular complexity index is 1810. The Hall–Kier alpha value is -4.89. The maximum atomic E-state index is 13.6. The summed E-state index contributed by atoms with van der Waals surface area (Å²) < 4.78 is 38.6. The number of carbonyl (C=O) groups excluding carboxylic acids is 1. The number of ether oxygens (including phenoxy) is 2. The third-order valence-corrected chi connectivity index (χ3v) is 8.29. The number of methoxy groups -OCH3 is 2. The van der Waals surface area contributed by atoms with E-state index in [4.69, 9.17) is 14.5 Å². The van der Waals surface area contributed by atoms with Crippen LogP contribution in [0.4, 0.5) is 11.4 Å². The Morgan fingerprint density at radius 3 is 2.27 bits per heavy atom. The van der Waals surface area contributed by atoms with Gasteiger partial charge in [-0.15, -0.1) is 0 Å². The van der Waals surface area contributed by atoms with Gasteiger partial charge in [-0.05, 0) is 60.7 Å². The van der Waals surface area contributed by atoms with Crippen LogP contribution in [-0.4, -0.2) is 40.6 Å². The van der Waals surface area contributed by atoms with Gasteiger partial charge in [-0.3, -0.25) is 9.10 Å². The molecule has 0 radical (unpaired) electrons. The van der Waals surface area contributed by atoms with Crippen molar-refractivity contribution in [2.75, 3.05) is 30.9 Å². The van der Waals surface area contributed by atoms with Crippen LogP contribution in [0.25, 0.3) is 22.2 Å². The number of fused-ring (bicyclic) bond motifs is 1. The Kier molecular flexibility index (Phi) is 7.39. The first-order valence-corrected chi connectivity index (χ1v) is 13.8. The topological polar surface area (TPSA) is 97.8 Å². The van der Waals surface area contributed by atoms with E-state index in [1.807, 2.05) is 36.4 Å². The van der Waals surface area contributed by atoms with Gasteiger partial charge in [0, 0.05) is 23.7 Å². The first kappa shape index (κ1) is 26.7. The van der Waals surface area contributed by atoms with Crippen molar-refractivity contribution in [1.82, 2.24) is 4.98 Å². The van der Waals surface area contributed by atoms with Gasteiger partial charge >= 0.3 is 0 Å². The lowest BCUT2D eigenvalue weighted by Gasteiger charge is -2.20. The number of para-hydroxylation sites is 2. The zero-order valence-electron chi connectivity index (χ0n) is 22.2. The first-order chi connectivity index (χ1) is 19.3. The lowest BCUT2D eigenvalue weighted by molar-refractivity contribution is 0.102. The minimum absolute atomic E-state index is 0.0576. The predicted molar refractivity (Wildman–Crippen MR) is 157 cm³/mol. The van der Waals surface area contributed by atoms with E-state index < -0.39 is 15.9 Å². The Balaban J connectivity index is 1.50. The Labute approximate surface area is 232 Å². The van der Waals surface area contributed by atoms with E-state index in [-0.39, 0.29) is 4.90 Å². The highest BCUT2D eigenvalue weighted by Crippen LogP contribution is 2.33. The molecule has 0 aliphatic rings. The highest BCUT2D eigenvalue weighted by atomic mass is 32.2. The average Bonchev–Trinajstić information content (AvgIpc) is 3.00. The molecular weight excluding hydrogens is 526 g/mol. The van der Waals surface area contributed by atoms with Crippen molar-refractivity contribution in [3.8, 4) is 22.8 Å². The molecule has 1 heterocycles. The summed E-state index contributed by atoms with van der Waals surface area (Å²) in [5.41, 5.74) is 3.23. The minimum atomic E-state index is -3.85. The molecule has 0 aliphatic carbocycles. The van der Waals surface area contributed by atoms with Crippen LogP contribution in [-0.2, 0) is 10.0 Å². The monoisotopic (exact) mass is 553 g/mol. The highest BCUT2D eigenvalue weighted by molar-refractivity contribution is 7.92. The summed E-state index contributed by atoms with van der Waals surface area (Å²) in [5.74, 6) is 0.725. The second-order valence-electron chi connectivity index (χ2n) is 8.93. The number of amides is 1. The number of pyridine rings is 1. The highest BCUT2D eigenvalue weighted by Gasteiger charge is 2.22. The molecule has 5 rings (SSSR count). The fourth-order valence-corrected chi connectivity index (χ4v) is 5.62. The van der Waals surface area contributed by atoms with Crippen LogP contribution in [0.1, 0.15) is 10.4 Å². The van der Waals surface area contributed by atoms with Gasteiger partial charge in [0.25, 0.3) is 15.9 Å². The van der Waals surface area contributed by atoms with E-state index >= 15 is 0 Å². The molecule has 0 saturated carbocycles. The molecule has 0 unspecified atom stereocenters. The van der Waals surface area contributed by atoms with Gasteiger partial charge in [-0.25, -0.2) is 13.4 Å². The molecule has 0 bridgehead atoms. The normalized spacial score (nSPS) is 11.2. The molecule has 0 atom stereocenters. The number of carbonyl (C=O) groups is 1. The molecule has 1 amide bonds. The molecule has 1 aromatic heterocycles. The van der Waals surface area contributed by atoms with Gasteiger partial charge in [0.2, 0.25) is 0 Å². The van der Waals surface area contributed by atoms with Crippen LogP contribution in [0.5, 0.6) is 11.5 Å². The maximum Gasteiger partial charge on any atom is 0.264 e. The summed E-state index contributed by atoms with van der Waals surface area (Å²) in [6.07, 6.45) is 0. The van der Waals surface area contributed by atoms with Gasteiger partial charge in [-0.1, -0.05) is 42.5 Å². The van der Waals surface area contributed by atoms with E-state index in [0.29, 0.717) is 45.0 Å². The smallest absolute Gasteiger partial charge is 0.264 e. The lowest BCUT2D eigenvalue weighted by atomic mass is 10.0. The van der Waals surface area contributed by atoms with Crippen molar-refractivity contribution < 1.29 is 22.7 Å².